The lowest BCUT2D eigenvalue weighted by molar-refractivity contribution is -0.117. The van der Waals surface area contributed by atoms with Crippen LogP contribution in [0.4, 0.5) is 5.69 Å². The van der Waals surface area contributed by atoms with Gasteiger partial charge in [-0.3, -0.25) is 4.79 Å². The van der Waals surface area contributed by atoms with Gasteiger partial charge in [0.2, 0.25) is 5.91 Å². The van der Waals surface area contributed by atoms with E-state index in [9.17, 15) is 13.2 Å². The van der Waals surface area contributed by atoms with Gasteiger partial charge in [0.25, 0.3) is 0 Å². The molecule has 2 rings (SSSR count). The van der Waals surface area contributed by atoms with Crippen molar-refractivity contribution in [1.82, 2.24) is 0 Å². The zero-order chi connectivity index (χ0) is 17.7. The number of benzene rings is 2. The third-order valence-corrected chi connectivity index (χ3v) is 5.46. The second-order valence-corrected chi connectivity index (χ2v) is 7.62. The Balaban J connectivity index is 2.20. The van der Waals surface area contributed by atoms with Crippen LogP contribution < -0.4 is 4.90 Å². The number of likely N-dealkylation sites (N-methyl/N-ethyl adjacent to an activating group) is 1. The van der Waals surface area contributed by atoms with Crippen molar-refractivity contribution in [2.45, 2.75) is 18.2 Å². The fraction of sp³-hybridized carbons (Fsp3) is 0.222. The van der Waals surface area contributed by atoms with Gasteiger partial charge in [-0.25, -0.2) is 8.42 Å². The Hall–Kier alpha value is -2.65. The van der Waals surface area contributed by atoms with E-state index in [1.165, 1.54) is 17.0 Å². The standard InChI is InChI=1S/C18H18N2O3S/c1-3-24(22,23)17-9-5-6-14(11-17)12-18(21)20(2)16-8-4-7-15(10-16)13-19/h4-11H,3,12H2,1-2H3. The first kappa shape index (κ1) is 17.7. The van der Waals surface area contributed by atoms with E-state index in [0.29, 0.717) is 16.8 Å². The highest BCUT2D eigenvalue weighted by Gasteiger charge is 2.15. The number of anilines is 1. The van der Waals surface area contributed by atoms with Crippen molar-refractivity contribution in [3.8, 4) is 6.07 Å². The minimum absolute atomic E-state index is 0.0191. The van der Waals surface area contributed by atoms with E-state index in [1.807, 2.05) is 6.07 Å². The molecule has 0 radical (unpaired) electrons. The molecule has 0 bridgehead atoms. The van der Waals surface area contributed by atoms with Gasteiger partial charge in [0.1, 0.15) is 0 Å². The summed E-state index contributed by atoms with van der Waals surface area (Å²) in [7, 11) is -1.67. The van der Waals surface area contributed by atoms with Gasteiger partial charge in [-0.2, -0.15) is 5.26 Å². The molecule has 124 valence electrons. The second kappa shape index (κ2) is 7.28. The molecular weight excluding hydrogens is 324 g/mol. The van der Waals surface area contributed by atoms with Gasteiger partial charge in [0.05, 0.1) is 28.7 Å². The van der Waals surface area contributed by atoms with Crippen molar-refractivity contribution < 1.29 is 13.2 Å². The highest BCUT2D eigenvalue weighted by Crippen LogP contribution is 2.18. The Morgan fingerprint density at radius 2 is 1.88 bits per heavy atom. The average Bonchev–Trinajstić information content (AvgIpc) is 2.61. The van der Waals surface area contributed by atoms with E-state index < -0.39 is 9.84 Å². The van der Waals surface area contributed by atoms with Crippen LogP contribution in [0.15, 0.2) is 53.4 Å². The molecule has 24 heavy (non-hydrogen) atoms. The largest absolute Gasteiger partial charge is 0.315 e. The first-order valence-electron chi connectivity index (χ1n) is 7.46. The first-order valence-corrected chi connectivity index (χ1v) is 9.11. The molecule has 0 atom stereocenters. The van der Waals surface area contributed by atoms with Crippen molar-refractivity contribution in [1.29, 1.82) is 5.26 Å². The smallest absolute Gasteiger partial charge is 0.231 e. The zero-order valence-electron chi connectivity index (χ0n) is 13.6. The summed E-state index contributed by atoms with van der Waals surface area (Å²) >= 11 is 0. The average molecular weight is 342 g/mol. The molecule has 0 aliphatic heterocycles. The molecule has 0 heterocycles. The Labute approximate surface area is 142 Å². The Bertz CT molecular complexity index is 898. The molecule has 0 spiro atoms. The molecule has 0 saturated heterocycles. The molecule has 0 aliphatic carbocycles. The van der Waals surface area contributed by atoms with Gasteiger partial charge in [-0.05, 0) is 35.9 Å². The molecule has 2 aromatic carbocycles. The van der Waals surface area contributed by atoms with Crippen LogP contribution >= 0.6 is 0 Å². The van der Waals surface area contributed by atoms with E-state index in [1.54, 1.807) is 50.4 Å². The van der Waals surface area contributed by atoms with Gasteiger partial charge in [-0.1, -0.05) is 25.1 Å². The number of carbonyl (C=O) groups excluding carboxylic acids is 1. The molecular formula is C18H18N2O3S. The first-order chi connectivity index (χ1) is 11.4. The molecule has 6 heteroatoms. The van der Waals surface area contributed by atoms with Crippen molar-refractivity contribution in [2.75, 3.05) is 17.7 Å². The Morgan fingerprint density at radius 1 is 1.17 bits per heavy atom. The highest BCUT2D eigenvalue weighted by molar-refractivity contribution is 7.91. The van der Waals surface area contributed by atoms with Crippen LogP contribution in [0.3, 0.4) is 0 Å². The third-order valence-electron chi connectivity index (χ3n) is 3.73. The third kappa shape index (κ3) is 4.00. The molecule has 1 amide bonds. The lowest BCUT2D eigenvalue weighted by Crippen LogP contribution is -2.27. The maximum Gasteiger partial charge on any atom is 0.231 e. The van der Waals surface area contributed by atoms with Gasteiger partial charge in [0, 0.05) is 12.7 Å². The van der Waals surface area contributed by atoms with Crippen LogP contribution in [0, 0.1) is 11.3 Å². The minimum atomic E-state index is -3.30. The molecule has 0 aliphatic rings. The van der Waals surface area contributed by atoms with Gasteiger partial charge >= 0.3 is 0 Å². The van der Waals surface area contributed by atoms with Crippen LogP contribution in [-0.2, 0) is 21.1 Å². The summed E-state index contributed by atoms with van der Waals surface area (Å²) < 4.78 is 23.9. The summed E-state index contributed by atoms with van der Waals surface area (Å²) in [6.45, 7) is 1.59. The number of nitrogens with zero attached hydrogens (tertiary/aromatic N) is 2. The van der Waals surface area contributed by atoms with E-state index >= 15 is 0 Å². The summed E-state index contributed by atoms with van der Waals surface area (Å²) in [6.07, 6.45) is 0.0837. The lowest BCUT2D eigenvalue weighted by atomic mass is 10.1. The minimum Gasteiger partial charge on any atom is -0.315 e. The molecule has 5 nitrogen and oxygen atoms in total. The monoisotopic (exact) mass is 342 g/mol. The predicted octanol–water partition coefficient (Wildman–Crippen LogP) is 2.56. The maximum absolute atomic E-state index is 12.4. The van der Waals surface area contributed by atoms with Gasteiger partial charge < -0.3 is 4.90 Å². The van der Waals surface area contributed by atoms with Crippen LogP contribution in [0.5, 0.6) is 0 Å². The van der Waals surface area contributed by atoms with Crippen molar-refractivity contribution >= 4 is 21.4 Å². The molecule has 0 saturated carbocycles. The number of sulfone groups is 1. The SMILES string of the molecule is CCS(=O)(=O)c1cccc(CC(=O)N(C)c2cccc(C#N)c2)c1. The number of amides is 1. The fourth-order valence-electron chi connectivity index (χ4n) is 2.24. The summed E-state index contributed by atoms with van der Waals surface area (Å²) in [5, 5.41) is 8.94. The van der Waals surface area contributed by atoms with Gasteiger partial charge in [0.15, 0.2) is 9.84 Å². The molecule has 2 aromatic rings. The molecule has 0 N–H and O–H groups in total. The van der Waals surface area contributed by atoms with Gasteiger partial charge in [-0.15, -0.1) is 0 Å². The zero-order valence-corrected chi connectivity index (χ0v) is 14.4. The number of hydrogen-bond acceptors (Lipinski definition) is 4. The topological polar surface area (TPSA) is 78.2 Å². The number of nitriles is 1. The highest BCUT2D eigenvalue weighted by atomic mass is 32.2. The predicted molar refractivity (Wildman–Crippen MR) is 92.4 cm³/mol. The van der Waals surface area contributed by atoms with E-state index in [2.05, 4.69) is 0 Å². The van der Waals surface area contributed by atoms with E-state index in [0.717, 1.165) is 0 Å². The van der Waals surface area contributed by atoms with Crippen LogP contribution in [-0.4, -0.2) is 27.1 Å². The quantitative estimate of drug-likeness (QED) is 0.836. The van der Waals surface area contributed by atoms with Crippen LogP contribution in [0.2, 0.25) is 0 Å². The lowest BCUT2D eigenvalue weighted by Gasteiger charge is -2.17. The van der Waals surface area contributed by atoms with E-state index in [-0.39, 0.29) is 23.0 Å². The summed E-state index contributed by atoms with van der Waals surface area (Å²) in [5.74, 6) is -0.165. The van der Waals surface area contributed by atoms with E-state index in [4.69, 9.17) is 5.26 Å². The molecule has 0 unspecified atom stereocenters. The summed E-state index contributed by atoms with van der Waals surface area (Å²) in [6, 6.07) is 15.2. The second-order valence-electron chi connectivity index (χ2n) is 5.34. The van der Waals surface area contributed by atoms with Crippen molar-refractivity contribution in [3.05, 3.63) is 59.7 Å². The number of hydrogen-bond donors (Lipinski definition) is 0. The molecule has 0 fully saturated rings. The van der Waals surface area contributed by atoms with Crippen molar-refractivity contribution in [3.63, 3.8) is 0 Å². The summed E-state index contributed by atoms with van der Waals surface area (Å²) in [4.78, 5) is 14.1. The normalized spacial score (nSPS) is 10.9. The number of rotatable bonds is 5. The Kier molecular flexibility index (Phi) is 5.37. The molecule has 0 aromatic heterocycles. The maximum atomic E-state index is 12.4. The summed E-state index contributed by atoms with van der Waals surface area (Å²) in [5.41, 5.74) is 1.73. The van der Waals surface area contributed by atoms with Crippen LogP contribution in [0.1, 0.15) is 18.1 Å². The fourth-order valence-corrected chi connectivity index (χ4v) is 3.19. The van der Waals surface area contributed by atoms with Crippen LogP contribution in [0.25, 0.3) is 0 Å². The van der Waals surface area contributed by atoms with Crippen molar-refractivity contribution in [2.24, 2.45) is 0 Å². The Morgan fingerprint density at radius 3 is 2.54 bits per heavy atom. The number of carbonyl (C=O) groups is 1.